The molecule has 1 atom stereocenters. The van der Waals surface area contributed by atoms with Gasteiger partial charge in [0, 0.05) is 12.1 Å². The first-order chi connectivity index (χ1) is 11.8. The number of anilines is 1. The third kappa shape index (κ3) is 2.98. The molecule has 0 fully saturated rings. The van der Waals surface area contributed by atoms with Crippen LogP contribution in [0.1, 0.15) is 18.9 Å². The van der Waals surface area contributed by atoms with Crippen LogP contribution in [0.3, 0.4) is 0 Å². The third-order valence-corrected chi connectivity index (χ3v) is 4.15. The Hall–Kier alpha value is -2.81. The van der Waals surface area contributed by atoms with Crippen molar-refractivity contribution in [3.8, 4) is 0 Å². The van der Waals surface area contributed by atoms with Gasteiger partial charge in [-0.1, -0.05) is 54.6 Å². The van der Waals surface area contributed by atoms with Crippen LogP contribution in [0.2, 0.25) is 0 Å². The monoisotopic (exact) mass is 319 g/mol. The number of benzene rings is 2. The van der Waals surface area contributed by atoms with E-state index >= 15 is 0 Å². The third-order valence-electron chi connectivity index (χ3n) is 4.15. The first-order valence-electron chi connectivity index (χ1n) is 8.18. The van der Waals surface area contributed by atoms with Gasteiger partial charge in [-0.25, -0.2) is 4.79 Å². The maximum Gasteiger partial charge on any atom is 0.336 e. The van der Waals surface area contributed by atoms with Gasteiger partial charge in [-0.05, 0) is 24.6 Å². The SMILES string of the molecule is C=CC1CC(C(=O)OCC)=C(c2ccccc2)N1c1ccccc1. The lowest BCUT2D eigenvalue weighted by molar-refractivity contribution is -0.138. The highest BCUT2D eigenvalue weighted by molar-refractivity contribution is 6.03. The Morgan fingerprint density at radius 2 is 1.79 bits per heavy atom. The lowest BCUT2D eigenvalue weighted by Gasteiger charge is -2.28. The largest absolute Gasteiger partial charge is 0.463 e. The van der Waals surface area contributed by atoms with E-state index < -0.39 is 0 Å². The number of ether oxygens (including phenoxy) is 1. The fourth-order valence-corrected chi connectivity index (χ4v) is 3.11. The van der Waals surface area contributed by atoms with Gasteiger partial charge in [0.15, 0.2) is 0 Å². The summed E-state index contributed by atoms with van der Waals surface area (Å²) in [6.07, 6.45) is 2.49. The molecule has 122 valence electrons. The van der Waals surface area contributed by atoms with Crippen LogP contribution in [-0.4, -0.2) is 18.6 Å². The normalized spacial score (nSPS) is 17.0. The van der Waals surface area contributed by atoms with Crippen molar-refractivity contribution in [2.75, 3.05) is 11.5 Å². The maximum absolute atomic E-state index is 12.5. The van der Waals surface area contributed by atoms with E-state index in [-0.39, 0.29) is 12.0 Å². The van der Waals surface area contributed by atoms with E-state index in [1.807, 2.05) is 73.7 Å². The van der Waals surface area contributed by atoms with E-state index in [4.69, 9.17) is 4.74 Å². The Labute approximate surface area is 142 Å². The van der Waals surface area contributed by atoms with Gasteiger partial charge < -0.3 is 9.64 Å². The van der Waals surface area contributed by atoms with Crippen LogP contribution in [0.5, 0.6) is 0 Å². The van der Waals surface area contributed by atoms with Crippen LogP contribution in [-0.2, 0) is 9.53 Å². The van der Waals surface area contributed by atoms with E-state index in [0.29, 0.717) is 18.6 Å². The molecular weight excluding hydrogens is 298 g/mol. The van der Waals surface area contributed by atoms with Gasteiger partial charge in [0.2, 0.25) is 0 Å². The predicted octanol–water partition coefficient (Wildman–Crippen LogP) is 4.43. The summed E-state index contributed by atoms with van der Waals surface area (Å²) in [7, 11) is 0. The van der Waals surface area contributed by atoms with Crippen molar-refractivity contribution in [3.05, 3.63) is 84.5 Å². The number of rotatable bonds is 5. The van der Waals surface area contributed by atoms with Gasteiger partial charge in [-0.3, -0.25) is 0 Å². The second-order valence-electron chi connectivity index (χ2n) is 5.63. The molecule has 24 heavy (non-hydrogen) atoms. The molecule has 0 aliphatic carbocycles. The quantitative estimate of drug-likeness (QED) is 0.603. The Balaban J connectivity index is 2.16. The highest BCUT2D eigenvalue weighted by Crippen LogP contribution is 2.40. The van der Waals surface area contributed by atoms with E-state index in [1.54, 1.807) is 0 Å². The van der Waals surface area contributed by atoms with Crippen molar-refractivity contribution in [1.82, 2.24) is 0 Å². The molecule has 0 bridgehead atoms. The second kappa shape index (κ2) is 7.18. The molecule has 0 saturated heterocycles. The van der Waals surface area contributed by atoms with E-state index in [0.717, 1.165) is 16.9 Å². The average Bonchev–Trinajstić information content (AvgIpc) is 3.03. The molecule has 0 N–H and O–H groups in total. The predicted molar refractivity (Wildman–Crippen MR) is 97.5 cm³/mol. The van der Waals surface area contributed by atoms with Crippen LogP contribution in [0.25, 0.3) is 5.70 Å². The molecule has 1 heterocycles. The van der Waals surface area contributed by atoms with Gasteiger partial charge in [0.1, 0.15) is 0 Å². The van der Waals surface area contributed by atoms with Crippen molar-refractivity contribution in [2.24, 2.45) is 0 Å². The topological polar surface area (TPSA) is 29.5 Å². The molecule has 0 saturated carbocycles. The highest BCUT2D eigenvalue weighted by atomic mass is 16.5. The second-order valence-corrected chi connectivity index (χ2v) is 5.63. The first kappa shape index (κ1) is 16.1. The van der Waals surface area contributed by atoms with Crippen molar-refractivity contribution in [2.45, 2.75) is 19.4 Å². The summed E-state index contributed by atoms with van der Waals surface area (Å²) in [5.41, 5.74) is 3.66. The standard InChI is InChI=1S/C21H21NO2/c1-3-17-15-19(21(23)24-4-2)20(16-11-7-5-8-12-16)22(17)18-13-9-6-10-14-18/h3,5-14,17H,1,4,15H2,2H3. The van der Waals surface area contributed by atoms with Crippen LogP contribution >= 0.6 is 0 Å². The number of hydrogen-bond acceptors (Lipinski definition) is 3. The minimum absolute atomic E-state index is 0.0296. The number of carbonyl (C=O) groups is 1. The Kier molecular flexibility index (Phi) is 4.80. The molecule has 0 amide bonds. The summed E-state index contributed by atoms with van der Waals surface area (Å²) >= 11 is 0. The summed E-state index contributed by atoms with van der Waals surface area (Å²) in [6.45, 7) is 6.16. The Morgan fingerprint density at radius 3 is 2.38 bits per heavy atom. The lowest BCUT2D eigenvalue weighted by Crippen LogP contribution is -2.27. The van der Waals surface area contributed by atoms with E-state index in [9.17, 15) is 4.79 Å². The zero-order valence-corrected chi connectivity index (χ0v) is 13.8. The summed E-state index contributed by atoms with van der Waals surface area (Å²) < 4.78 is 5.30. The molecule has 0 aromatic heterocycles. The van der Waals surface area contributed by atoms with Gasteiger partial charge >= 0.3 is 5.97 Å². The fraction of sp³-hybridized carbons (Fsp3) is 0.190. The minimum atomic E-state index is -0.248. The highest BCUT2D eigenvalue weighted by Gasteiger charge is 2.35. The van der Waals surface area contributed by atoms with Crippen LogP contribution in [0.4, 0.5) is 5.69 Å². The number of nitrogens with zero attached hydrogens (tertiary/aromatic N) is 1. The molecule has 0 spiro atoms. The molecule has 3 nitrogen and oxygen atoms in total. The van der Waals surface area contributed by atoms with E-state index in [1.165, 1.54) is 0 Å². The van der Waals surface area contributed by atoms with E-state index in [2.05, 4.69) is 11.5 Å². The summed E-state index contributed by atoms with van der Waals surface area (Å²) in [5, 5.41) is 0. The van der Waals surface area contributed by atoms with Gasteiger partial charge in [-0.15, -0.1) is 6.58 Å². The molecule has 2 aromatic carbocycles. The first-order valence-corrected chi connectivity index (χ1v) is 8.18. The summed E-state index contributed by atoms with van der Waals surface area (Å²) in [6, 6.07) is 20.1. The molecule has 0 radical (unpaired) electrons. The van der Waals surface area contributed by atoms with Crippen LogP contribution in [0.15, 0.2) is 78.9 Å². The van der Waals surface area contributed by atoms with Gasteiger partial charge in [0.25, 0.3) is 0 Å². The smallest absolute Gasteiger partial charge is 0.336 e. The van der Waals surface area contributed by atoms with Crippen molar-refractivity contribution in [3.63, 3.8) is 0 Å². The number of para-hydroxylation sites is 1. The maximum atomic E-state index is 12.5. The molecule has 2 aromatic rings. The molecular formula is C21H21NO2. The average molecular weight is 319 g/mol. The zero-order chi connectivity index (χ0) is 16.9. The Bertz CT molecular complexity index is 750. The molecule has 1 aliphatic heterocycles. The number of esters is 1. The molecule has 3 heteroatoms. The van der Waals surface area contributed by atoms with Crippen LogP contribution < -0.4 is 4.90 Å². The zero-order valence-electron chi connectivity index (χ0n) is 13.8. The summed E-state index contributed by atoms with van der Waals surface area (Å²) in [4.78, 5) is 14.7. The Morgan fingerprint density at radius 1 is 1.17 bits per heavy atom. The molecule has 3 rings (SSSR count). The lowest BCUT2D eigenvalue weighted by atomic mass is 10.1. The van der Waals surface area contributed by atoms with Crippen LogP contribution in [0, 0.1) is 0 Å². The van der Waals surface area contributed by atoms with Crippen molar-refractivity contribution in [1.29, 1.82) is 0 Å². The molecule has 1 aliphatic rings. The number of hydrogen-bond donors (Lipinski definition) is 0. The van der Waals surface area contributed by atoms with Crippen molar-refractivity contribution < 1.29 is 9.53 Å². The van der Waals surface area contributed by atoms with Gasteiger partial charge in [-0.2, -0.15) is 0 Å². The fourth-order valence-electron chi connectivity index (χ4n) is 3.11. The number of carbonyl (C=O) groups excluding carboxylic acids is 1. The molecule has 1 unspecified atom stereocenters. The van der Waals surface area contributed by atoms with Crippen molar-refractivity contribution >= 4 is 17.4 Å². The minimum Gasteiger partial charge on any atom is -0.463 e. The van der Waals surface area contributed by atoms with Gasteiger partial charge in [0.05, 0.1) is 23.9 Å². The summed E-state index contributed by atoms with van der Waals surface area (Å²) in [5.74, 6) is -0.248.